The standard InChI is InChI=1S/C3H6O.Na/c1-3(2)4;/h4H,1H2,2H3;/q;+1/p-1/i2D3;. The molecular formula is C3H5NaO. The summed E-state index contributed by atoms with van der Waals surface area (Å²) in [5.41, 5.74) is 0. The van der Waals surface area contributed by atoms with Gasteiger partial charge in [-0.3, -0.25) is 0 Å². The number of allylic oxidation sites excluding steroid dienone is 1. The molecule has 0 unspecified atom stereocenters. The molecule has 0 saturated carbocycles. The second kappa shape index (κ2) is 4.54. The molecule has 0 aliphatic rings. The van der Waals surface area contributed by atoms with Gasteiger partial charge in [0.1, 0.15) is 0 Å². The van der Waals surface area contributed by atoms with Gasteiger partial charge < -0.3 is 5.11 Å². The van der Waals surface area contributed by atoms with Crippen LogP contribution in [0.25, 0.3) is 0 Å². The summed E-state index contributed by atoms with van der Waals surface area (Å²) < 4.78 is 18.9. The summed E-state index contributed by atoms with van der Waals surface area (Å²) in [6, 6.07) is 0. The molecule has 0 rings (SSSR count). The molecule has 0 saturated heterocycles. The number of hydrogen-bond acceptors (Lipinski definition) is 1. The summed E-state index contributed by atoms with van der Waals surface area (Å²) >= 11 is 0. The Morgan fingerprint density at radius 1 is 2.20 bits per heavy atom. The minimum atomic E-state index is -2.50. The summed E-state index contributed by atoms with van der Waals surface area (Å²) in [5, 5.41) is 9.79. The normalized spacial score (nSPS) is 16.4. The van der Waals surface area contributed by atoms with Crippen LogP contribution in [0.15, 0.2) is 12.3 Å². The average Bonchev–Trinajstić information content (AvgIpc) is 1.31. The van der Waals surface area contributed by atoms with E-state index in [1.165, 1.54) is 0 Å². The van der Waals surface area contributed by atoms with E-state index in [1.807, 2.05) is 0 Å². The van der Waals surface area contributed by atoms with Gasteiger partial charge in [-0.1, -0.05) is 6.85 Å². The first-order chi connectivity index (χ1) is 2.94. The molecule has 0 fully saturated rings. The Kier molecular flexibility index (Phi) is 2.42. The van der Waals surface area contributed by atoms with Crippen molar-refractivity contribution >= 4 is 0 Å². The Morgan fingerprint density at radius 2 is 2.40 bits per heavy atom. The van der Waals surface area contributed by atoms with Crippen LogP contribution in [0.1, 0.15) is 11.0 Å². The zero-order chi connectivity index (χ0) is 6.08. The minimum Gasteiger partial charge on any atom is -0.876 e. The third-order valence-corrected chi connectivity index (χ3v) is 0. The third kappa shape index (κ3) is 100. The predicted molar refractivity (Wildman–Crippen MR) is 14.8 cm³/mol. The molecule has 0 heterocycles. The zero-order valence-electron chi connectivity index (χ0n) is 6.12. The van der Waals surface area contributed by atoms with E-state index in [0.29, 0.717) is 0 Å². The van der Waals surface area contributed by atoms with E-state index in [0.717, 1.165) is 0 Å². The average molecular weight is 83.1 g/mol. The van der Waals surface area contributed by atoms with Gasteiger partial charge in [0.15, 0.2) is 0 Å². The second-order valence-electron chi connectivity index (χ2n) is 0.423. The number of rotatable bonds is 0. The Balaban J connectivity index is 0. The van der Waals surface area contributed by atoms with Crippen molar-refractivity contribution in [2.45, 2.75) is 6.85 Å². The summed E-state index contributed by atoms with van der Waals surface area (Å²) in [7, 11) is 0. The molecule has 0 aromatic carbocycles. The van der Waals surface area contributed by atoms with Gasteiger partial charge >= 0.3 is 29.6 Å². The van der Waals surface area contributed by atoms with Crippen molar-refractivity contribution < 1.29 is 38.8 Å². The molecule has 1 nitrogen and oxygen atoms in total. The molecule has 0 bridgehead atoms. The molecule has 5 heavy (non-hydrogen) atoms. The summed E-state index contributed by atoms with van der Waals surface area (Å²) in [4.78, 5) is 0. The van der Waals surface area contributed by atoms with Gasteiger partial charge in [-0.25, -0.2) is 0 Å². The van der Waals surface area contributed by atoms with Crippen molar-refractivity contribution in [1.82, 2.24) is 0 Å². The molecule has 0 N–H and O–H groups in total. The van der Waals surface area contributed by atoms with Crippen LogP contribution in [0.2, 0.25) is 0 Å². The Hall–Kier alpha value is 0.540. The van der Waals surface area contributed by atoms with Gasteiger partial charge in [0.25, 0.3) is 0 Å². The van der Waals surface area contributed by atoms with Gasteiger partial charge in [-0.2, -0.15) is 0 Å². The maximum atomic E-state index is 9.79. The van der Waals surface area contributed by atoms with Crippen LogP contribution in [0, 0.1) is 0 Å². The summed E-state index contributed by atoms with van der Waals surface area (Å²) in [5.74, 6) is -1.01. The molecule has 0 aliphatic heterocycles. The molecule has 0 atom stereocenters. The molecule has 0 radical (unpaired) electrons. The Morgan fingerprint density at radius 3 is 2.40 bits per heavy atom. The van der Waals surface area contributed by atoms with E-state index in [-0.39, 0.29) is 29.6 Å². The van der Waals surface area contributed by atoms with Crippen LogP contribution >= 0.6 is 0 Å². The van der Waals surface area contributed by atoms with Crippen LogP contribution in [-0.4, -0.2) is 0 Å². The first-order valence-corrected chi connectivity index (χ1v) is 0.808. The second-order valence-corrected chi connectivity index (χ2v) is 0.423. The van der Waals surface area contributed by atoms with Gasteiger partial charge in [-0.15, -0.1) is 12.3 Å². The van der Waals surface area contributed by atoms with Crippen LogP contribution in [-0.2, 0) is 0 Å². The van der Waals surface area contributed by atoms with E-state index in [1.54, 1.807) is 0 Å². The maximum absolute atomic E-state index is 9.79. The monoisotopic (exact) mass is 83.0 g/mol. The first-order valence-electron chi connectivity index (χ1n) is 2.31. The van der Waals surface area contributed by atoms with Gasteiger partial charge in [0, 0.05) is 4.11 Å². The zero-order valence-corrected chi connectivity index (χ0v) is 5.12. The van der Waals surface area contributed by atoms with E-state index < -0.39 is 12.6 Å². The fraction of sp³-hybridized carbons (Fsp3) is 0.333. The molecule has 0 aromatic rings. The Labute approximate surface area is 58.2 Å². The fourth-order valence-corrected chi connectivity index (χ4v) is 0. The molecule has 0 amide bonds. The molecule has 24 valence electrons. The van der Waals surface area contributed by atoms with E-state index >= 15 is 0 Å². The SMILES string of the molecule is [2H]C([2H])([2H])C(=C)[O-].[Na+]. The van der Waals surface area contributed by atoms with Crippen LogP contribution in [0.3, 0.4) is 0 Å². The van der Waals surface area contributed by atoms with Crippen molar-refractivity contribution in [3.05, 3.63) is 12.3 Å². The van der Waals surface area contributed by atoms with Crippen LogP contribution in [0.5, 0.6) is 0 Å². The minimum absolute atomic E-state index is 0. The van der Waals surface area contributed by atoms with E-state index in [4.69, 9.17) is 4.11 Å². The van der Waals surface area contributed by atoms with E-state index in [2.05, 4.69) is 6.58 Å². The molecular weight excluding hydrogens is 75.0 g/mol. The quantitative estimate of drug-likeness (QED) is 0.224. The largest absolute Gasteiger partial charge is 1.00 e. The van der Waals surface area contributed by atoms with E-state index in [9.17, 15) is 5.11 Å². The predicted octanol–water partition coefficient (Wildman–Crippen LogP) is -3.12. The maximum Gasteiger partial charge on any atom is 1.00 e. The van der Waals surface area contributed by atoms with Crippen LogP contribution < -0.4 is 34.7 Å². The van der Waals surface area contributed by atoms with Crippen molar-refractivity contribution in [3.8, 4) is 0 Å². The summed E-state index contributed by atoms with van der Waals surface area (Å²) in [6.07, 6.45) is 0. The van der Waals surface area contributed by atoms with Crippen molar-refractivity contribution in [2.75, 3.05) is 0 Å². The topological polar surface area (TPSA) is 23.1 Å². The van der Waals surface area contributed by atoms with Crippen molar-refractivity contribution in [2.24, 2.45) is 0 Å². The van der Waals surface area contributed by atoms with Crippen molar-refractivity contribution in [3.63, 3.8) is 0 Å². The van der Waals surface area contributed by atoms with Crippen molar-refractivity contribution in [1.29, 1.82) is 0 Å². The fourth-order valence-electron chi connectivity index (χ4n) is 0. The molecule has 2 heteroatoms. The first kappa shape index (κ1) is 2.67. The molecule has 0 spiro atoms. The molecule has 0 aromatic heterocycles. The summed E-state index contributed by atoms with van der Waals surface area (Å²) in [6.45, 7) is 0.208. The number of hydrogen-bond donors (Lipinski definition) is 0. The van der Waals surface area contributed by atoms with Gasteiger partial charge in [0.2, 0.25) is 0 Å². The van der Waals surface area contributed by atoms with Crippen LogP contribution in [0.4, 0.5) is 0 Å². The third-order valence-electron chi connectivity index (χ3n) is 0. The van der Waals surface area contributed by atoms with Gasteiger partial charge in [-0.05, 0) is 0 Å². The Bertz CT molecular complexity index is 87.0. The molecule has 0 aliphatic carbocycles. The van der Waals surface area contributed by atoms with Gasteiger partial charge in [0.05, 0.1) is 0 Å². The smallest absolute Gasteiger partial charge is 0.876 e.